The van der Waals surface area contributed by atoms with Crippen LogP contribution in [0.4, 0.5) is 5.69 Å². The van der Waals surface area contributed by atoms with Gasteiger partial charge in [-0.3, -0.25) is 4.79 Å². The van der Waals surface area contributed by atoms with E-state index in [0.29, 0.717) is 0 Å². The Bertz CT molecular complexity index is 442. The fraction of sp³-hybridized carbons (Fsp3) is 0.533. The summed E-state index contributed by atoms with van der Waals surface area (Å²) >= 11 is 0. The van der Waals surface area contributed by atoms with Gasteiger partial charge in [0.05, 0.1) is 12.3 Å². The molecule has 0 aliphatic carbocycles. The van der Waals surface area contributed by atoms with E-state index in [2.05, 4.69) is 13.8 Å². The van der Waals surface area contributed by atoms with Crippen LogP contribution in [0.1, 0.15) is 39.2 Å². The topological polar surface area (TPSA) is 29.5 Å². The lowest BCUT2D eigenvalue weighted by Crippen LogP contribution is -2.40. The summed E-state index contributed by atoms with van der Waals surface area (Å²) in [5, 5.41) is 0. The molecule has 2 rings (SSSR count). The van der Waals surface area contributed by atoms with Crippen molar-refractivity contribution >= 4 is 11.6 Å². The molecule has 18 heavy (non-hydrogen) atoms. The molecule has 3 nitrogen and oxygen atoms in total. The molecule has 0 N–H and O–H groups in total. The zero-order valence-electron chi connectivity index (χ0n) is 11.4. The molecule has 1 atom stereocenters. The number of anilines is 1. The quantitative estimate of drug-likeness (QED) is 0.821. The molecule has 1 amide bonds. The minimum Gasteiger partial charge on any atom is -0.493 e. The van der Waals surface area contributed by atoms with Crippen molar-refractivity contribution in [3.63, 3.8) is 0 Å². The molecule has 0 aromatic heterocycles. The second kappa shape index (κ2) is 5.42. The first-order valence-electron chi connectivity index (χ1n) is 6.69. The Morgan fingerprint density at radius 3 is 2.94 bits per heavy atom. The number of ether oxygens (including phenoxy) is 1. The number of amides is 1. The maximum atomic E-state index is 11.8. The van der Waals surface area contributed by atoms with Crippen LogP contribution in [0.5, 0.6) is 5.75 Å². The van der Waals surface area contributed by atoms with Crippen molar-refractivity contribution in [2.24, 2.45) is 0 Å². The Balaban J connectivity index is 2.38. The number of carbonyl (C=O) groups excluding carboxylic acids is 1. The van der Waals surface area contributed by atoms with Crippen LogP contribution in [0.15, 0.2) is 18.2 Å². The molecular formula is C15H21NO2. The molecule has 0 spiro atoms. The molecule has 1 aromatic carbocycles. The molecule has 98 valence electrons. The zero-order chi connectivity index (χ0) is 13.1. The van der Waals surface area contributed by atoms with Crippen molar-refractivity contribution < 1.29 is 9.53 Å². The van der Waals surface area contributed by atoms with Gasteiger partial charge in [0.2, 0.25) is 5.91 Å². The summed E-state index contributed by atoms with van der Waals surface area (Å²) in [6.07, 6.45) is 2.98. The van der Waals surface area contributed by atoms with Gasteiger partial charge in [-0.15, -0.1) is 0 Å². The van der Waals surface area contributed by atoms with Crippen molar-refractivity contribution in [2.45, 2.75) is 46.1 Å². The van der Waals surface area contributed by atoms with E-state index in [1.54, 1.807) is 6.92 Å². The molecule has 1 aromatic rings. The first kappa shape index (κ1) is 12.9. The number of hydrogen-bond donors (Lipinski definition) is 0. The van der Waals surface area contributed by atoms with E-state index in [1.165, 1.54) is 5.56 Å². The maximum absolute atomic E-state index is 11.8. The summed E-state index contributed by atoms with van der Waals surface area (Å²) in [5.74, 6) is 1.04. The highest BCUT2D eigenvalue weighted by molar-refractivity contribution is 5.93. The van der Waals surface area contributed by atoms with E-state index in [9.17, 15) is 4.79 Å². The van der Waals surface area contributed by atoms with Crippen LogP contribution in [-0.4, -0.2) is 18.6 Å². The first-order chi connectivity index (χ1) is 8.65. The van der Waals surface area contributed by atoms with Crippen molar-refractivity contribution in [1.29, 1.82) is 0 Å². The Morgan fingerprint density at radius 1 is 1.50 bits per heavy atom. The minimum absolute atomic E-state index is 0.107. The summed E-state index contributed by atoms with van der Waals surface area (Å²) in [6, 6.07) is 6.27. The van der Waals surface area contributed by atoms with Gasteiger partial charge >= 0.3 is 0 Å². The third kappa shape index (κ3) is 2.35. The van der Waals surface area contributed by atoms with Gasteiger partial charge in [0.25, 0.3) is 0 Å². The van der Waals surface area contributed by atoms with Crippen molar-refractivity contribution in [3.05, 3.63) is 23.8 Å². The van der Waals surface area contributed by atoms with Crippen LogP contribution < -0.4 is 9.64 Å². The van der Waals surface area contributed by atoms with Crippen molar-refractivity contribution in [1.82, 2.24) is 0 Å². The molecular weight excluding hydrogens is 226 g/mol. The molecule has 0 bridgehead atoms. The van der Waals surface area contributed by atoms with Gasteiger partial charge in [-0.2, -0.15) is 0 Å². The maximum Gasteiger partial charge on any atom is 0.224 e. The molecule has 0 radical (unpaired) electrons. The van der Waals surface area contributed by atoms with Gasteiger partial charge in [0.1, 0.15) is 5.75 Å². The van der Waals surface area contributed by atoms with E-state index in [4.69, 9.17) is 4.74 Å². The lowest BCUT2D eigenvalue weighted by Gasteiger charge is -2.35. The van der Waals surface area contributed by atoms with Crippen LogP contribution >= 0.6 is 0 Å². The standard InChI is InChI=1S/C15H21NO2/c1-4-10-18-15-7-5-6-14-13(15)9-8-11(2)16(14)12(3)17/h5-7,11H,4,8-10H2,1-3H3. The second-order valence-corrected chi connectivity index (χ2v) is 4.88. The van der Waals surface area contributed by atoms with E-state index in [0.717, 1.165) is 37.3 Å². The van der Waals surface area contributed by atoms with Crippen LogP contribution in [0, 0.1) is 0 Å². The molecule has 0 fully saturated rings. The number of carbonyl (C=O) groups is 1. The lowest BCUT2D eigenvalue weighted by atomic mass is 9.95. The van der Waals surface area contributed by atoms with E-state index in [1.807, 2.05) is 23.1 Å². The molecule has 1 aliphatic heterocycles. The third-order valence-corrected chi connectivity index (χ3v) is 3.42. The second-order valence-electron chi connectivity index (χ2n) is 4.88. The van der Waals surface area contributed by atoms with Crippen molar-refractivity contribution in [3.8, 4) is 5.75 Å². The number of nitrogens with zero attached hydrogens (tertiary/aromatic N) is 1. The van der Waals surface area contributed by atoms with Gasteiger partial charge in [0, 0.05) is 18.5 Å². The summed E-state index contributed by atoms with van der Waals surface area (Å²) < 4.78 is 5.78. The number of benzene rings is 1. The molecule has 3 heteroatoms. The summed E-state index contributed by atoms with van der Waals surface area (Å²) in [7, 11) is 0. The molecule has 0 saturated heterocycles. The number of hydrogen-bond acceptors (Lipinski definition) is 2. The Kier molecular flexibility index (Phi) is 3.90. The predicted octanol–water partition coefficient (Wildman–Crippen LogP) is 3.16. The van der Waals surface area contributed by atoms with Crippen LogP contribution in [0.2, 0.25) is 0 Å². The van der Waals surface area contributed by atoms with Crippen LogP contribution in [0.3, 0.4) is 0 Å². The van der Waals surface area contributed by atoms with Gasteiger partial charge < -0.3 is 9.64 Å². The highest BCUT2D eigenvalue weighted by Gasteiger charge is 2.27. The monoisotopic (exact) mass is 247 g/mol. The zero-order valence-corrected chi connectivity index (χ0v) is 11.4. The predicted molar refractivity (Wildman–Crippen MR) is 73.2 cm³/mol. The Hall–Kier alpha value is -1.51. The fourth-order valence-electron chi connectivity index (χ4n) is 2.58. The summed E-state index contributed by atoms with van der Waals surface area (Å²) in [6.45, 7) is 6.56. The molecule has 1 heterocycles. The first-order valence-corrected chi connectivity index (χ1v) is 6.69. The number of fused-ring (bicyclic) bond motifs is 1. The van der Waals surface area contributed by atoms with Crippen LogP contribution in [0.25, 0.3) is 0 Å². The summed E-state index contributed by atoms with van der Waals surface area (Å²) in [5.41, 5.74) is 2.20. The summed E-state index contributed by atoms with van der Waals surface area (Å²) in [4.78, 5) is 13.7. The van der Waals surface area contributed by atoms with Gasteiger partial charge in [0.15, 0.2) is 0 Å². The van der Waals surface area contributed by atoms with Gasteiger partial charge in [-0.05, 0) is 38.3 Å². The Labute approximate surface area is 109 Å². The average molecular weight is 247 g/mol. The molecule has 0 saturated carbocycles. The normalized spacial score (nSPS) is 18.4. The molecule has 1 aliphatic rings. The van der Waals surface area contributed by atoms with E-state index < -0.39 is 0 Å². The highest BCUT2D eigenvalue weighted by atomic mass is 16.5. The van der Waals surface area contributed by atoms with Gasteiger partial charge in [-0.1, -0.05) is 13.0 Å². The largest absolute Gasteiger partial charge is 0.493 e. The third-order valence-electron chi connectivity index (χ3n) is 3.42. The Morgan fingerprint density at radius 2 is 2.28 bits per heavy atom. The number of rotatable bonds is 3. The van der Waals surface area contributed by atoms with Gasteiger partial charge in [-0.25, -0.2) is 0 Å². The fourth-order valence-corrected chi connectivity index (χ4v) is 2.58. The molecule has 1 unspecified atom stereocenters. The van der Waals surface area contributed by atoms with Crippen LogP contribution in [-0.2, 0) is 11.2 Å². The highest BCUT2D eigenvalue weighted by Crippen LogP contribution is 2.36. The smallest absolute Gasteiger partial charge is 0.224 e. The minimum atomic E-state index is 0.107. The SMILES string of the molecule is CCCOc1cccc2c1CCC(C)N2C(C)=O. The van der Waals surface area contributed by atoms with E-state index in [-0.39, 0.29) is 11.9 Å². The van der Waals surface area contributed by atoms with E-state index >= 15 is 0 Å². The lowest BCUT2D eigenvalue weighted by molar-refractivity contribution is -0.117. The van der Waals surface area contributed by atoms with Crippen molar-refractivity contribution in [2.75, 3.05) is 11.5 Å². The average Bonchev–Trinajstić information content (AvgIpc) is 2.35.